The predicted octanol–water partition coefficient (Wildman–Crippen LogP) is 3.26. The molecular formula is C16H15ClN4O3. The molecule has 1 heterocycles. The Hall–Kier alpha value is -2.77. The SMILES string of the molecule is COc1ccc(-c2nnc(NN)o2)cc1OCc1ccccc1Cl. The van der Waals surface area contributed by atoms with Crippen molar-refractivity contribution in [1.82, 2.24) is 10.2 Å². The van der Waals surface area contributed by atoms with Gasteiger partial charge in [-0.1, -0.05) is 34.9 Å². The number of benzene rings is 2. The second kappa shape index (κ2) is 7.20. The van der Waals surface area contributed by atoms with Gasteiger partial charge in [0.05, 0.1) is 7.11 Å². The molecule has 3 rings (SSSR count). The summed E-state index contributed by atoms with van der Waals surface area (Å²) >= 11 is 6.15. The first-order valence-corrected chi connectivity index (χ1v) is 7.44. The minimum Gasteiger partial charge on any atom is -0.493 e. The Morgan fingerprint density at radius 3 is 2.71 bits per heavy atom. The van der Waals surface area contributed by atoms with Crippen LogP contribution in [0.15, 0.2) is 46.9 Å². The summed E-state index contributed by atoms with van der Waals surface area (Å²) in [6.07, 6.45) is 0. The third-order valence-corrected chi connectivity index (χ3v) is 3.67. The maximum atomic E-state index is 6.15. The highest BCUT2D eigenvalue weighted by Crippen LogP contribution is 2.33. The van der Waals surface area contributed by atoms with Gasteiger partial charge >= 0.3 is 6.01 Å². The van der Waals surface area contributed by atoms with Crippen LogP contribution < -0.4 is 20.7 Å². The number of anilines is 1. The van der Waals surface area contributed by atoms with Crippen molar-refractivity contribution in [3.8, 4) is 23.0 Å². The molecule has 0 atom stereocenters. The van der Waals surface area contributed by atoms with E-state index in [0.29, 0.717) is 34.6 Å². The van der Waals surface area contributed by atoms with Crippen LogP contribution in [-0.4, -0.2) is 17.3 Å². The van der Waals surface area contributed by atoms with Gasteiger partial charge in [-0.2, -0.15) is 0 Å². The zero-order valence-corrected chi connectivity index (χ0v) is 13.6. The number of hydrogen-bond donors (Lipinski definition) is 2. The van der Waals surface area contributed by atoms with Crippen LogP contribution in [0.4, 0.5) is 6.01 Å². The summed E-state index contributed by atoms with van der Waals surface area (Å²) < 4.78 is 16.5. The van der Waals surface area contributed by atoms with Crippen molar-refractivity contribution in [3.63, 3.8) is 0 Å². The number of nitrogens with one attached hydrogen (secondary N) is 1. The molecule has 0 aliphatic rings. The summed E-state index contributed by atoms with van der Waals surface area (Å²) in [7, 11) is 1.57. The molecule has 0 saturated heterocycles. The van der Waals surface area contributed by atoms with E-state index < -0.39 is 0 Å². The van der Waals surface area contributed by atoms with Crippen LogP contribution in [0, 0.1) is 0 Å². The molecule has 24 heavy (non-hydrogen) atoms. The molecule has 0 radical (unpaired) electrons. The second-order valence-electron chi connectivity index (χ2n) is 4.80. The van der Waals surface area contributed by atoms with E-state index in [2.05, 4.69) is 15.6 Å². The molecule has 8 heteroatoms. The maximum absolute atomic E-state index is 6.15. The van der Waals surface area contributed by atoms with E-state index in [0.717, 1.165) is 5.56 Å². The molecule has 0 unspecified atom stereocenters. The minimum atomic E-state index is 0.124. The van der Waals surface area contributed by atoms with Crippen molar-refractivity contribution in [3.05, 3.63) is 53.1 Å². The Kier molecular flexibility index (Phi) is 4.83. The van der Waals surface area contributed by atoms with Crippen LogP contribution >= 0.6 is 11.6 Å². The van der Waals surface area contributed by atoms with Crippen LogP contribution in [0.1, 0.15) is 5.56 Å². The summed E-state index contributed by atoms with van der Waals surface area (Å²) in [5, 5.41) is 8.30. The number of nitrogens with two attached hydrogens (primary N) is 1. The molecule has 0 fully saturated rings. The van der Waals surface area contributed by atoms with Crippen molar-refractivity contribution in [2.75, 3.05) is 12.5 Å². The average Bonchev–Trinajstić information content (AvgIpc) is 3.10. The summed E-state index contributed by atoms with van der Waals surface area (Å²) in [4.78, 5) is 0. The molecule has 0 bridgehead atoms. The molecule has 0 spiro atoms. The monoisotopic (exact) mass is 346 g/mol. The number of rotatable bonds is 6. The lowest BCUT2D eigenvalue weighted by molar-refractivity contribution is 0.284. The van der Waals surface area contributed by atoms with Crippen molar-refractivity contribution in [1.29, 1.82) is 0 Å². The van der Waals surface area contributed by atoms with Crippen molar-refractivity contribution in [2.45, 2.75) is 6.61 Å². The first kappa shape index (κ1) is 16.1. The Balaban J connectivity index is 1.85. The normalized spacial score (nSPS) is 10.5. The average molecular weight is 347 g/mol. The third-order valence-electron chi connectivity index (χ3n) is 3.30. The van der Waals surface area contributed by atoms with Gasteiger partial charge < -0.3 is 13.9 Å². The highest BCUT2D eigenvalue weighted by atomic mass is 35.5. The van der Waals surface area contributed by atoms with Gasteiger partial charge in [0, 0.05) is 16.1 Å². The fourth-order valence-corrected chi connectivity index (χ4v) is 2.28. The Labute approximate surface area is 143 Å². The second-order valence-corrected chi connectivity index (χ2v) is 5.21. The number of methoxy groups -OCH3 is 1. The van der Waals surface area contributed by atoms with Gasteiger partial charge in [-0.15, -0.1) is 5.10 Å². The number of hydrogen-bond acceptors (Lipinski definition) is 7. The third kappa shape index (κ3) is 3.42. The first-order valence-electron chi connectivity index (χ1n) is 7.06. The molecule has 0 aliphatic heterocycles. The topological polar surface area (TPSA) is 95.4 Å². The molecule has 1 aromatic heterocycles. The van der Waals surface area contributed by atoms with Crippen molar-refractivity contribution >= 4 is 17.6 Å². The minimum absolute atomic E-state index is 0.124. The summed E-state index contributed by atoms with van der Waals surface area (Å²) in [6, 6.07) is 12.9. The zero-order valence-electron chi connectivity index (χ0n) is 12.8. The highest BCUT2D eigenvalue weighted by Gasteiger charge is 2.13. The fraction of sp³-hybridized carbons (Fsp3) is 0.125. The first-order chi connectivity index (χ1) is 11.7. The van der Waals surface area contributed by atoms with Crippen molar-refractivity contribution in [2.24, 2.45) is 5.84 Å². The van der Waals surface area contributed by atoms with E-state index in [1.54, 1.807) is 25.3 Å². The van der Waals surface area contributed by atoms with E-state index in [-0.39, 0.29) is 6.01 Å². The van der Waals surface area contributed by atoms with Crippen LogP contribution in [-0.2, 0) is 6.61 Å². The molecular weight excluding hydrogens is 332 g/mol. The lowest BCUT2D eigenvalue weighted by Crippen LogP contribution is -2.06. The standard InChI is InChI=1S/C16H15ClN4O3/c1-22-13-7-6-10(15-20-21-16(19-18)24-15)8-14(13)23-9-11-4-2-3-5-12(11)17/h2-8H,9,18H2,1H3,(H,19,21). The maximum Gasteiger partial charge on any atom is 0.330 e. The van der Waals surface area contributed by atoms with E-state index in [4.69, 9.17) is 31.3 Å². The van der Waals surface area contributed by atoms with Gasteiger partial charge in [-0.25, -0.2) is 5.84 Å². The van der Waals surface area contributed by atoms with E-state index >= 15 is 0 Å². The van der Waals surface area contributed by atoms with Gasteiger partial charge in [0.2, 0.25) is 5.89 Å². The fourth-order valence-electron chi connectivity index (χ4n) is 2.09. The number of ether oxygens (including phenoxy) is 2. The number of halogens is 1. The van der Waals surface area contributed by atoms with Crippen LogP contribution in [0.3, 0.4) is 0 Å². The molecule has 0 amide bonds. The number of hydrazine groups is 1. The van der Waals surface area contributed by atoms with Gasteiger partial charge in [0.25, 0.3) is 0 Å². The molecule has 2 aromatic carbocycles. The van der Waals surface area contributed by atoms with Gasteiger partial charge in [0.15, 0.2) is 11.5 Å². The lowest BCUT2D eigenvalue weighted by atomic mass is 10.2. The Morgan fingerprint density at radius 2 is 2.00 bits per heavy atom. The lowest BCUT2D eigenvalue weighted by Gasteiger charge is -2.12. The van der Waals surface area contributed by atoms with Gasteiger partial charge in [0.1, 0.15) is 6.61 Å². The molecule has 3 N–H and O–H groups in total. The van der Waals surface area contributed by atoms with Crippen LogP contribution in [0.25, 0.3) is 11.5 Å². The van der Waals surface area contributed by atoms with E-state index in [1.165, 1.54) is 0 Å². The zero-order chi connectivity index (χ0) is 16.9. The number of nitrogens with zero attached hydrogens (tertiary/aromatic N) is 2. The molecule has 7 nitrogen and oxygen atoms in total. The molecule has 124 valence electrons. The predicted molar refractivity (Wildman–Crippen MR) is 89.9 cm³/mol. The van der Waals surface area contributed by atoms with Crippen LogP contribution in [0.5, 0.6) is 11.5 Å². The smallest absolute Gasteiger partial charge is 0.330 e. The van der Waals surface area contributed by atoms with Gasteiger partial charge in [-0.05, 0) is 24.3 Å². The van der Waals surface area contributed by atoms with E-state index in [9.17, 15) is 0 Å². The largest absolute Gasteiger partial charge is 0.493 e. The van der Waals surface area contributed by atoms with Gasteiger partial charge in [-0.3, -0.25) is 5.43 Å². The quantitative estimate of drug-likeness (QED) is 0.522. The summed E-state index contributed by atoms with van der Waals surface area (Å²) in [5.41, 5.74) is 3.85. The van der Waals surface area contributed by atoms with Crippen LogP contribution in [0.2, 0.25) is 5.02 Å². The highest BCUT2D eigenvalue weighted by molar-refractivity contribution is 6.31. The Bertz CT molecular complexity index is 838. The summed E-state index contributed by atoms with van der Waals surface area (Å²) in [5.74, 6) is 6.68. The molecule has 0 saturated carbocycles. The Morgan fingerprint density at radius 1 is 1.17 bits per heavy atom. The summed E-state index contributed by atoms with van der Waals surface area (Å²) in [6.45, 7) is 0.304. The molecule has 0 aliphatic carbocycles. The number of nitrogen functional groups attached to an aromatic ring is 1. The van der Waals surface area contributed by atoms with E-state index in [1.807, 2.05) is 24.3 Å². The molecule has 3 aromatic rings. The van der Waals surface area contributed by atoms with Crippen molar-refractivity contribution < 1.29 is 13.9 Å². The number of aromatic nitrogens is 2.